The largest absolute Gasteiger partial charge is 0.369 e. The fourth-order valence-electron chi connectivity index (χ4n) is 3.53. The van der Waals surface area contributed by atoms with E-state index in [0.29, 0.717) is 0 Å². The van der Waals surface area contributed by atoms with E-state index in [-0.39, 0.29) is 36.8 Å². The molecule has 4 rings (SSSR count). The van der Waals surface area contributed by atoms with E-state index < -0.39 is 39.9 Å². The third kappa shape index (κ3) is 4.09. The molecular formula is C19H19F2N3O4S. The maximum atomic E-state index is 13.8. The van der Waals surface area contributed by atoms with Crippen LogP contribution < -0.4 is 5.32 Å². The number of rotatable bonds is 3. The second kappa shape index (κ2) is 7.69. The zero-order chi connectivity index (χ0) is 20.6. The molecule has 0 spiro atoms. The first-order valence-corrected chi connectivity index (χ1v) is 10.5. The lowest BCUT2D eigenvalue weighted by molar-refractivity contribution is -0.110. The van der Waals surface area contributed by atoms with Crippen molar-refractivity contribution >= 4 is 21.7 Å². The fraction of sp³-hybridized carbons (Fsp3) is 0.316. The summed E-state index contributed by atoms with van der Waals surface area (Å²) in [6, 6.07) is 10.0. The fourth-order valence-corrected chi connectivity index (χ4v) is 5.03. The molecule has 2 amide bonds. The number of morpholine rings is 2. The van der Waals surface area contributed by atoms with Crippen molar-refractivity contribution in [2.24, 2.45) is 0 Å². The van der Waals surface area contributed by atoms with Crippen molar-refractivity contribution in [2.45, 2.75) is 17.1 Å². The third-order valence-corrected chi connectivity index (χ3v) is 6.75. The highest BCUT2D eigenvalue weighted by atomic mass is 32.2. The van der Waals surface area contributed by atoms with Crippen molar-refractivity contribution in [3.05, 3.63) is 60.2 Å². The van der Waals surface area contributed by atoms with Crippen molar-refractivity contribution in [3.63, 3.8) is 0 Å². The molecule has 0 aliphatic carbocycles. The van der Waals surface area contributed by atoms with Gasteiger partial charge in [0.1, 0.15) is 11.6 Å². The average Bonchev–Trinajstić information content (AvgIpc) is 2.69. The highest BCUT2D eigenvalue weighted by Gasteiger charge is 2.41. The molecule has 0 unspecified atom stereocenters. The molecule has 2 aromatic rings. The standard InChI is InChI=1S/C19H19F2N3O4S/c20-13-5-7-16(8-6-13)29(26,27)24-11-14-9-23(10-15(12-24)28-14)19(25)22-18-4-2-1-3-17(18)21/h1-8,14-15H,9-12H2,(H,22,25)/t14-,15+. The number of sulfonamides is 1. The van der Waals surface area contributed by atoms with Crippen molar-refractivity contribution < 1.29 is 26.7 Å². The van der Waals surface area contributed by atoms with Gasteiger partial charge in [0, 0.05) is 13.1 Å². The Morgan fingerprint density at radius 3 is 2.21 bits per heavy atom. The molecule has 10 heteroatoms. The summed E-state index contributed by atoms with van der Waals surface area (Å²) in [4.78, 5) is 14.0. The number of anilines is 1. The van der Waals surface area contributed by atoms with E-state index in [1.165, 1.54) is 39.5 Å². The first-order chi connectivity index (χ1) is 13.8. The van der Waals surface area contributed by atoms with E-state index >= 15 is 0 Å². The molecule has 29 heavy (non-hydrogen) atoms. The molecule has 0 aromatic heterocycles. The zero-order valence-electron chi connectivity index (χ0n) is 15.3. The summed E-state index contributed by atoms with van der Waals surface area (Å²) in [5, 5.41) is 2.53. The number of fused-ring (bicyclic) bond motifs is 2. The van der Waals surface area contributed by atoms with Crippen LogP contribution in [0.5, 0.6) is 0 Å². The molecule has 2 fully saturated rings. The zero-order valence-corrected chi connectivity index (χ0v) is 16.1. The van der Waals surface area contributed by atoms with Crippen LogP contribution in [0.1, 0.15) is 0 Å². The predicted molar refractivity (Wildman–Crippen MR) is 101 cm³/mol. The van der Waals surface area contributed by atoms with Crippen molar-refractivity contribution in [1.29, 1.82) is 0 Å². The van der Waals surface area contributed by atoms with Crippen molar-refractivity contribution in [3.8, 4) is 0 Å². The Balaban J connectivity index is 1.44. The Morgan fingerprint density at radius 2 is 1.59 bits per heavy atom. The Kier molecular flexibility index (Phi) is 5.24. The van der Waals surface area contributed by atoms with Gasteiger partial charge in [-0.05, 0) is 36.4 Å². The van der Waals surface area contributed by atoms with Gasteiger partial charge in [-0.1, -0.05) is 12.1 Å². The van der Waals surface area contributed by atoms with Gasteiger partial charge in [0.25, 0.3) is 0 Å². The van der Waals surface area contributed by atoms with Gasteiger partial charge in [0.2, 0.25) is 10.0 Å². The molecule has 2 saturated heterocycles. The predicted octanol–water partition coefficient (Wildman–Crippen LogP) is 2.27. The highest BCUT2D eigenvalue weighted by Crippen LogP contribution is 2.25. The van der Waals surface area contributed by atoms with Gasteiger partial charge < -0.3 is 15.0 Å². The van der Waals surface area contributed by atoms with Crippen LogP contribution in [-0.2, 0) is 14.8 Å². The minimum absolute atomic E-state index is 0.00743. The molecule has 7 nitrogen and oxygen atoms in total. The lowest BCUT2D eigenvalue weighted by Gasteiger charge is -2.45. The number of carbonyl (C=O) groups excluding carboxylic acids is 1. The number of nitrogens with one attached hydrogen (secondary N) is 1. The third-order valence-electron chi connectivity index (χ3n) is 4.90. The smallest absolute Gasteiger partial charge is 0.322 e. The summed E-state index contributed by atoms with van der Waals surface area (Å²) in [7, 11) is -3.79. The van der Waals surface area contributed by atoms with Gasteiger partial charge in [0.05, 0.1) is 35.9 Å². The minimum Gasteiger partial charge on any atom is -0.369 e. The topological polar surface area (TPSA) is 79.0 Å². The molecule has 0 saturated carbocycles. The average molecular weight is 423 g/mol. The number of ether oxygens (including phenoxy) is 1. The molecular weight excluding hydrogens is 404 g/mol. The number of nitrogens with zero attached hydrogens (tertiary/aromatic N) is 2. The van der Waals surface area contributed by atoms with Gasteiger partial charge >= 0.3 is 6.03 Å². The second-order valence-electron chi connectivity index (χ2n) is 6.97. The molecule has 2 aliphatic heterocycles. The van der Waals surface area contributed by atoms with Gasteiger partial charge in [-0.2, -0.15) is 4.31 Å². The highest BCUT2D eigenvalue weighted by molar-refractivity contribution is 7.89. The summed E-state index contributed by atoms with van der Waals surface area (Å²) >= 11 is 0. The van der Waals surface area contributed by atoms with E-state index in [9.17, 15) is 22.0 Å². The lowest BCUT2D eigenvalue weighted by atomic mass is 10.1. The van der Waals surface area contributed by atoms with Crippen molar-refractivity contribution in [2.75, 3.05) is 31.5 Å². The van der Waals surface area contributed by atoms with Crippen LogP contribution in [0.15, 0.2) is 53.4 Å². The molecule has 0 radical (unpaired) electrons. The van der Waals surface area contributed by atoms with Crippen LogP contribution in [0.3, 0.4) is 0 Å². The van der Waals surface area contributed by atoms with Gasteiger partial charge in [-0.25, -0.2) is 22.0 Å². The lowest BCUT2D eigenvalue weighted by Crippen LogP contribution is -2.61. The molecule has 1 N–H and O–H groups in total. The quantitative estimate of drug-likeness (QED) is 0.822. The normalized spacial score (nSPS) is 22.3. The molecule has 2 aliphatic rings. The number of hydrogen-bond acceptors (Lipinski definition) is 4. The first kappa shape index (κ1) is 19.7. The Labute approximate surface area is 166 Å². The second-order valence-corrected chi connectivity index (χ2v) is 8.91. The number of amides is 2. The Morgan fingerprint density at radius 1 is 0.966 bits per heavy atom. The van der Waals surface area contributed by atoms with Crippen LogP contribution in [-0.4, -0.2) is 62.0 Å². The summed E-state index contributed by atoms with van der Waals surface area (Å²) in [5.41, 5.74) is 0.0784. The maximum Gasteiger partial charge on any atom is 0.322 e. The number of carbonyl (C=O) groups is 1. The van der Waals surface area contributed by atoms with Crippen molar-refractivity contribution in [1.82, 2.24) is 9.21 Å². The number of hydrogen-bond donors (Lipinski definition) is 1. The van der Waals surface area contributed by atoms with E-state index in [0.717, 1.165) is 12.1 Å². The number of halogens is 2. The first-order valence-electron chi connectivity index (χ1n) is 9.04. The Bertz CT molecular complexity index is 1000. The van der Waals surface area contributed by atoms with Crippen LogP contribution in [0.2, 0.25) is 0 Å². The minimum atomic E-state index is -3.79. The summed E-state index contributed by atoms with van der Waals surface area (Å²) in [6.45, 7) is 0.484. The SMILES string of the molecule is O=C(Nc1ccccc1F)N1C[C@@H]2CN(S(=O)(=O)c3ccc(F)cc3)C[C@H](C1)O2. The van der Waals surface area contributed by atoms with Gasteiger partial charge in [-0.3, -0.25) is 0 Å². The van der Waals surface area contributed by atoms with Crippen LogP contribution in [0.25, 0.3) is 0 Å². The molecule has 154 valence electrons. The van der Waals surface area contributed by atoms with Gasteiger partial charge in [0.15, 0.2) is 0 Å². The summed E-state index contributed by atoms with van der Waals surface area (Å²) < 4.78 is 59.6. The molecule has 2 heterocycles. The van der Waals surface area contributed by atoms with E-state index in [1.807, 2.05) is 0 Å². The summed E-state index contributed by atoms with van der Waals surface area (Å²) in [5.74, 6) is -1.05. The molecule has 2 bridgehead atoms. The van der Waals surface area contributed by atoms with E-state index in [1.54, 1.807) is 6.07 Å². The van der Waals surface area contributed by atoms with Gasteiger partial charge in [-0.15, -0.1) is 0 Å². The number of urea groups is 1. The summed E-state index contributed by atoms with van der Waals surface area (Å²) in [6.07, 6.45) is -1.02. The Hall–Kier alpha value is -2.56. The van der Waals surface area contributed by atoms with Crippen LogP contribution in [0.4, 0.5) is 19.3 Å². The van der Waals surface area contributed by atoms with E-state index in [4.69, 9.17) is 4.74 Å². The number of para-hydroxylation sites is 1. The van der Waals surface area contributed by atoms with E-state index in [2.05, 4.69) is 5.32 Å². The monoisotopic (exact) mass is 423 g/mol. The molecule has 2 aromatic carbocycles. The van der Waals surface area contributed by atoms with Crippen LogP contribution >= 0.6 is 0 Å². The van der Waals surface area contributed by atoms with Crippen LogP contribution in [0, 0.1) is 11.6 Å². The number of benzene rings is 2. The maximum absolute atomic E-state index is 13.8. The molecule has 2 atom stereocenters.